The van der Waals surface area contributed by atoms with E-state index in [1.54, 1.807) is 42.1 Å². The molecule has 0 aliphatic carbocycles. The third-order valence-electron chi connectivity index (χ3n) is 4.96. The molecule has 0 bridgehead atoms. The van der Waals surface area contributed by atoms with Crippen LogP contribution in [-0.2, 0) is 21.8 Å². The molecule has 0 aliphatic heterocycles. The molecule has 35 heavy (non-hydrogen) atoms. The molecule has 0 aliphatic rings. The number of anilines is 1. The summed E-state index contributed by atoms with van der Waals surface area (Å²) >= 11 is 3.02. The van der Waals surface area contributed by atoms with Crippen LogP contribution in [-0.4, -0.2) is 39.0 Å². The van der Waals surface area contributed by atoms with Gasteiger partial charge in [-0.1, -0.05) is 48.9 Å². The molecular weight excluding hydrogens is 480 g/mol. The first-order valence-corrected chi connectivity index (χ1v) is 13.4. The Labute approximate surface area is 214 Å². The second-order valence-electron chi connectivity index (χ2n) is 7.80. The Bertz CT molecular complexity index is 1130. The number of carbonyl (C=O) groups excluding carboxylic acids is 2. The molecule has 0 unspecified atom stereocenters. The maximum Gasteiger partial charge on any atom is 0.338 e. The van der Waals surface area contributed by atoms with E-state index >= 15 is 0 Å². The van der Waals surface area contributed by atoms with Gasteiger partial charge in [0.05, 0.1) is 23.7 Å². The predicted octanol–water partition coefficient (Wildman–Crippen LogP) is 5.75. The number of nitrogens with zero attached hydrogens (tertiary/aromatic N) is 3. The molecule has 0 fully saturated rings. The van der Waals surface area contributed by atoms with E-state index in [1.807, 2.05) is 11.5 Å². The van der Waals surface area contributed by atoms with E-state index in [2.05, 4.69) is 53.3 Å². The molecule has 9 heteroatoms. The minimum atomic E-state index is -0.357. The number of nitrogens with one attached hydrogen (secondary N) is 1. The summed E-state index contributed by atoms with van der Waals surface area (Å²) in [7, 11) is 0. The number of carbonyl (C=O) groups is 2. The number of rotatable bonds is 13. The van der Waals surface area contributed by atoms with Crippen molar-refractivity contribution in [3.63, 3.8) is 0 Å². The summed E-state index contributed by atoms with van der Waals surface area (Å²) in [6.45, 7) is 8.91. The number of benzene rings is 2. The van der Waals surface area contributed by atoms with Crippen molar-refractivity contribution < 1.29 is 14.3 Å². The van der Waals surface area contributed by atoms with Gasteiger partial charge in [-0.05, 0) is 49.7 Å². The molecule has 3 rings (SSSR count). The summed E-state index contributed by atoms with van der Waals surface area (Å²) < 4.78 is 7.18. The Morgan fingerprint density at radius 2 is 1.83 bits per heavy atom. The molecule has 1 heterocycles. The number of aromatic nitrogens is 3. The summed E-state index contributed by atoms with van der Waals surface area (Å²) in [5, 5.41) is 12.1. The van der Waals surface area contributed by atoms with Crippen molar-refractivity contribution in [2.24, 2.45) is 0 Å². The highest BCUT2D eigenvalue weighted by Crippen LogP contribution is 2.25. The zero-order chi connectivity index (χ0) is 25.0. The smallest absolute Gasteiger partial charge is 0.338 e. The molecule has 3 aromatic rings. The van der Waals surface area contributed by atoms with Gasteiger partial charge in [0.15, 0.2) is 5.16 Å². The van der Waals surface area contributed by atoms with E-state index in [0.29, 0.717) is 35.3 Å². The standard InChI is InChI=1S/C26H30N4O3S2/c1-4-6-16-33-25(32)20-9-11-21(12-10-20)27-24(31)18-35-26-29-28-23(30(26)15-5-2)17-34-22-13-7-19(3)8-14-22/h5,7-14H,2,4,6,15-18H2,1,3H3,(H,27,31). The lowest BCUT2D eigenvalue weighted by molar-refractivity contribution is -0.113. The first kappa shape index (κ1) is 26.6. The van der Waals surface area contributed by atoms with Crippen molar-refractivity contribution in [2.75, 3.05) is 17.7 Å². The van der Waals surface area contributed by atoms with Gasteiger partial charge in [-0.15, -0.1) is 28.5 Å². The summed E-state index contributed by atoms with van der Waals surface area (Å²) in [4.78, 5) is 25.7. The fourth-order valence-electron chi connectivity index (χ4n) is 3.04. The van der Waals surface area contributed by atoms with Crippen LogP contribution in [0.25, 0.3) is 0 Å². The fraction of sp³-hybridized carbons (Fsp3) is 0.308. The zero-order valence-electron chi connectivity index (χ0n) is 20.0. The van der Waals surface area contributed by atoms with Crippen LogP contribution in [0.1, 0.15) is 41.5 Å². The summed E-state index contributed by atoms with van der Waals surface area (Å²) in [5.41, 5.74) is 2.30. The van der Waals surface area contributed by atoms with E-state index < -0.39 is 0 Å². The second-order valence-corrected chi connectivity index (χ2v) is 9.79. The monoisotopic (exact) mass is 510 g/mol. The van der Waals surface area contributed by atoms with Gasteiger partial charge in [0.2, 0.25) is 5.91 Å². The van der Waals surface area contributed by atoms with Crippen LogP contribution < -0.4 is 5.32 Å². The van der Waals surface area contributed by atoms with Crippen LogP contribution >= 0.6 is 23.5 Å². The number of esters is 1. The topological polar surface area (TPSA) is 86.1 Å². The molecule has 7 nitrogen and oxygen atoms in total. The van der Waals surface area contributed by atoms with Gasteiger partial charge >= 0.3 is 5.97 Å². The third kappa shape index (κ3) is 8.29. The average molecular weight is 511 g/mol. The molecule has 0 saturated carbocycles. The first-order valence-electron chi connectivity index (χ1n) is 11.4. The Balaban J connectivity index is 1.52. The summed E-state index contributed by atoms with van der Waals surface area (Å²) in [6, 6.07) is 15.0. The van der Waals surface area contributed by atoms with E-state index in [-0.39, 0.29) is 17.6 Å². The van der Waals surface area contributed by atoms with E-state index in [1.165, 1.54) is 17.3 Å². The molecule has 1 aromatic heterocycles. The highest BCUT2D eigenvalue weighted by Gasteiger charge is 2.14. The Morgan fingerprint density at radius 1 is 1.09 bits per heavy atom. The van der Waals surface area contributed by atoms with Crippen LogP contribution in [0.3, 0.4) is 0 Å². The lowest BCUT2D eigenvalue weighted by Crippen LogP contribution is -2.15. The number of ether oxygens (including phenoxy) is 1. The van der Waals surface area contributed by atoms with Gasteiger partial charge in [0.25, 0.3) is 0 Å². The van der Waals surface area contributed by atoms with Gasteiger partial charge in [-0.25, -0.2) is 4.79 Å². The normalized spacial score (nSPS) is 10.7. The maximum absolute atomic E-state index is 12.5. The van der Waals surface area contributed by atoms with Crippen molar-refractivity contribution in [2.45, 2.75) is 49.0 Å². The SMILES string of the molecule is C=CCn1c(CSc2ccc(C)cc2)nnc1SCC(=O)Nc1ccc(C(=O)OCCCC)cc1. The quantitative estimate of drug-likeness (QED) is 0.136. The largest absolute Gasteiger partial charge is 0.462 e. The zero-order valence-corrected chi connectivity index (χ0v) is 21.7. The molecule has 0 atom stereocenters. The highest BCUT2D eigenvalue weighted by atomic mass is 32.2. The minimum absolute atomic E-state index is 0.169. The fourth-order valence-corrected chi connectivity index (χ4v) is 4.64. The van der Waals surface area contributed by atoms with Crippen LogP contribution in [0.15, 0.2) is 71.2 Å². The third-order valence-corrected chi connectivity index (χ3v) is 6.94. The number of aryl methyl sites for hydroxylation is 1. The first-order chi connectivity index (χ1) is 17.0. The van der Waals surface area contributed by atoms with Crippen molar-refractivity contribution in [1.82, 2.24) is 14.8 Å². The Morgan fingerprint density at radius 3 is 2.51 bits per heavy atom. The minimum Gasteiger partial charge on any atom is -0.462 e. The number of amides is 1. The Kier molecular flexibility index (Phi) is 10.4. The molecule has 1 N–H and O–H groups in total. The summed E-state index contributed by atoms with van der Waals surface area (Å²) in [6.07, 6.45) is 3.60. The van der Waals surface area contributed by atoms with Crippen molar-refractivity contribution in [3.8, 4) is 0 Å². The molecular formula is C26H30N4O3S2. The van der Waals surface area contributed by atoms with Crippen LogP contribution in [0.4, 0.5) is 5.69 Å². The van der Waals surface area contributed by atoms with E-state index in [9.17, 15) is 9.59 Å². The van der Waals surface area contributed by atoms with E-state index in [0.717, 1.165) is 23.6 Å². The van der Waals surface area contributed by atoms with Gasteiger partial charge in [-0.2, -0.15) is 0 Å². The lowest BCUT2D eigenvalue weighted by Gasteiger charge is -2.09. The molecule has 184 valence electrons. The van der Waals surface area contributed by atoms with Gasteiger partial charge in [-0.3, -0.25) is 4.79 Å². The van der Waals surface area contributed by atoms with Gasteiger partial charge in [0, 0.05) is 17.1 Å². The number of thioether (sulfide) groups is 2. The second kappa shape index (κ2) is 13.7. The molecule has 2 aromatic carbocycles. The number of unbranched alkanes of at least 4 members (excludes halogenated alkanes) is 1. The van der Waals surface area contributed by atoms with Crippen LogP contribution in [0, 0.1) is 6.92 Å². The molecule has 0 saturated heterocycles. The maximum atomic E-state index is 12.5. The highest BCUT2D eigenvalue weighted by molar-refractivity contribution is 7.99. The van der Waals surface area contributed by atoms with Crippen LogP contribution in [0.5, 0.6) is 0 Å². The van der Waals surface area contributed by atoms with Crippen molar-refractivity contribution in [1.29, 1.82) is 0 Å². The van der Waals surface area contributed by atoms with Crippen molar-refractivity contribution >= 4 is 41.1 Å². The Hall–Kier alpha value is -3.04. The summed E-state index contributed by atoms with van der Waals surface area (Å²) in [5.74, 6) is 1.16. The van der Waals surface area contributed by atoms with E-state index in [4.69, 9.17) is 4.74 Å². The average Bonchev–Trinajstić information content (AvgIpc) is 3.24. The van der Waals surface area contributed by atoms with Crippen LogP contribution in [0.2, 0.25) is 0 Å². The molecule has 1 amide bonds. The predicted molar refractivity (Wildman–Crippen MR) is 142 cm³/mol. The lowest BCUT2D eigenvalue weighted by atomic mass is 10.2. The van der Waals surface area contributed by atoms with Gasteiger partial charge < -0.3 is 14.6 Å². The molecule has 0 radical (unpaired) electrons. The number of allylic oxidation sites excluding steroid dienone is 1. The van der Waals surface area contributed by atoms with Crippen molar-refractivity contribution in [3.05, 3.63) is 78.1 Å². The molecule has 0 spiro atoms. The number of hydrogen-bond donors (Lipinski definition) is 1. The number of hydrogen-bond acceptors (Lipinski definition) is 7. The van der Waals surface area contributed by atoms with Gasteiger partial charge in [0.1, 0.15) is 5.82 Å².